The summed E-state index contributed by atoms with van der Waals surface area (Å²) < 4.78 is 8.15. The molecular formula is C12H13N5O5. The number of aromatic amines is 1. The zero-order valence-corrected chi connectivity index (χ0v) is 11.2. The van der Waals surface area contributed by atoms with Crippen molar-refractivity contribution in [3.8, 4) is 0 Å². The van der Waals surface area contributed by atoms with Crippen molar-refractivity contribution in [2.45, 2.75) is 24.5 Å². The zero-order chi connectivity index (χ0) is 15.4. The first kappa shape index (κ1) is 13.4. The molecule has 22 heavy (non-hydrogen) atoms. The Bertz CT molecular complexity index is 898. The van der Waals surface area contributed by atoms with Crippen molar-refractivity contribution >= 4 is 16.8 Å². The largest absolute Gasteiger partial charge is 0.394 e. The predicted octanol–water partition coefficient (Wildman–Crippen LogP) is -2.02. The third-order valence-corrected chi connectivity index (χ3v) is 3.87. The molecule has 0 unspecified atom stereocenters. The number of hydrogen-bond donors (Lipinski definition) is 4. The molecule has 1 fully saturated rings. The van der Waals surface area contributed by atoms with Crippen LogP contribution in [0.5, 0.6) is 0 Å². The Balaban J connectivity index is 1.92. The van der Waals surface area contributed by atoms with Gasteiger partial charge in [-0.3, -0.25) is 4.40 Å². The van der Waals surface area contributed by atoms with Crippen molar-refractivity contribution < 1.29 is 20.1 Å². The highest BCUT2D eigenvalue weighted by atomic mass is 16.6. The molecule has 0 aliphatic carbocycles. The van der Waals surface area contributed by atoms with E-state index in [-0.39, 0.29) is 5.65 Å². The fourth-order valence-corrected chi connectivity index (χ4v) is 2.77. The molecule has 3 aromatic rings. The first-order valence-electron chi connectivity index (χ1n) is 6.66. The van der Waals surface area contributed by atoms with Crippen molar-refractivity contribution in [2.75, 3.05) is 6.61 Å². The van der Waals surface area contributed by atoms with E-state index in [1.807, 2.05) is 0 Å². The van der Waals surface area contributed by atoms with Crippen LogP contribution < -0.4 is 5.69 Å². The Hall–Kier alpha value is -2.27. The lowest BCUT2D eigenvalue weighted by atomic mass is 10.1. The van der Waals surface area contributed by atoms with Gasteiger partial charge < -0.3 is 25.0 Å². The lowest BCUT2D eigenvalue weighted by Gasteiger charge is -2.15. The third kappa shape index (κ3) is 1.66. The molecule has 0 aromatic carbocycles. The van der Waals surface area contributed by atoms with Crippen LogP contribution in [-0.4, -0.2) is 64.2 Å². The van der Waals surface area contributed by atoms with E-state index in [0.29, 0.717) is 11.2 Å². The van der Waals surface area contributed by atoms with E-state index in [0.717, 1.165) is 4.57 Å². The highest BCUT2D eigenvalue weighted by molar-refractivity contribution is 5.85. The number of aliphatic hydroxyl groups excluding tert-OH is 3. The SMILES string of the molecule is O=c1[nH]c2c(ncn3ccnc23)n1[C@@H]1O[C@H](CO)[C@@H](O)[C@H]1O. The molecule has 0 spiro atoms. The highest BCUT2D eigenvalue weighted by Gasteiger charge is 2.44. The lowest BCUT2D eigenvalue weighted by Crippen LogP contribution is -2.34. The van der Waals surface area contributed by atoms with Crippen LogP contribution in [0.1, 0.15) is 6.23 Å². The van der Waals surface area contributed by atoms with Crippen LogP contribution in [0.15, 0.2) is 23.5 Å². The molecule has 4 heterocycles. The molecule has 0 saturated carbocycles. The maximum Gasteiger partial charge on any atom is 0.330 e. The normalized spacial score (nSPS) is 28.9. The number of H-pyrrole nitrogens is 1. The van der Waals surface area contributed by atoms with Gasteiger partial charge in [-0.2, -0.15) is 0 Å². The molecule has 10 heteroatoms. The molecule has 0 amide bonds. The minimum absolute atomic E-state index is 0.249. The Labute approximate surface area is 122 Å². The molecule has 116 valence electrons. The highest BCUT2D eigenvalue weighted by Crippen LogP contribution is 2.30. The summed E-state index contributed by atoms with van der Waals surface area (Å²) in [5, 5.41) is 29.1. The predicted molar refractivity (Wildman–Crippen MR) is 72.1 cm³/mol. The van der Waals surface area contributed by atoms with Crippen molar-refractivity contribution in [2.24, 2.45) is 0 Å². The summed E-state index contributed by atoms with van der Waals surface area (Å²) in [7, 11) is 0. The van der Waals surface area contributed by atoms with Gasteiger partial charge in [-0.15, -0.1) is 0 Å². The number of imidazole rings is 2. The molecule has 10 nitrogen and oxygen atoms in total. The summed E-state index contributed by atoms with van der Waals surface area (Å²) in [4.78, 5) is 23.2. The Morgan fingerprint density at radius 2 is 2.09 bits per heavy atom. The van der Waals surface area contributed by atoms with Gasteiger partial charge in [0.25, 0.3) is 0 Å². The second-order valence-electron chi connectivity index (χ2n) is 5.13. The molecule has 4 N–H and O–H groups in total. The summed E-state index contributed by atoms with van der Waals surface area (Å²) in [6.45, 7) is -0.468. The summed E-state index contributed by atoms with van der Waals surface area (Å²) in [5.41, 5.74) is 0.606. The first-order valence-corrected chi connectivity index (χ1v) is 6.66. The van der Waals surface area contributed by atoms with Crippen LogP contribution in [0, 0.1) is 0 Å². The molecule has 0 radical (unpaired) electrons. The number of nitrogens with zero attached hydrogens (tertiary/aromatic N) is 4. The van der Waals surface area contributed by atoms with E-state index in [1.54, 1.807) is 16.8 Å². The zero-order valence-electron chi connectivity index (χ0n) is 11.2. The topological polar surface area (TPSA) is 138 Å². The van der Waals surface area contributed by atoms with E-state index in [1.165, 1.54) is 6.33 Å². The fraction of sp³-hybridized carbons (Fsp3) is 0.417. The number of aliphatic hydroxyl groups is 3. The van der Waals surface area contributed by atoms with Gasteiger partial charge >= 0.3 is 5.69 Å². The molecule has 1 saturated heterocycles. The Kier molecular flexibility index (Phi) is 2.81. The van der Waals surface area contributed by atoms with Crippen LogP contribution >= 0.6 is 0 Å². The minimum atomic E-state index is -1.35. The van der Waals surface area contributed by atoms with Crippen molar-refractivity contribution in [1.29, 1.82) is 0 Å². The average Bonchev–Trinajstić information content (AvgIpc) is 3.17. The van der Waals surface area contributed by atoms with Gasteiger partial charge in [-0.1, -0.05) is 0 Å². The van der Waals surface area contributed by atoms with Crippen molar-refractivity contribution in [3.05, 3.63) is 29.2 Å². The van der Waals surface area contributed by atoms with Gasteiger partial charge in [-0.05, 0) is 0 Å². The second kappa shape index (κ2) is 4.61. The lowest BCUT2D eigenvalue weighted by molar-refractivity contribution is -0.0524. The van der Waals surface area contributed by atoms with Gasteiger partial charge in [0.05, 0.1) is 6.61 Å². The summed E-state index contributed by atoms with van der Waals surface area (Å²) >= 11 is 0. The molecule has 0 bridgehead atoms. The van der Waals surface area contributed by atoms with E-state index < -0.39 is 36.8 Å². The van der Waals surface area contributed by atoms with Crippen molar-refractivity contribution in [1.82, 2.24) is 23.9 Å². The van der Waals surface area contributed by atoms with Gasteiger partial charge in [0.2, 0.25) is 0 Å². The van der Waals surface area contributed by atoms with E-state index in [9.17, 15) is 15.0 Å². The molecular weight excluding hydrogens is 294 g/mol. The summed E-state index contributed by atoms with van der Waals surface area (Å²) in [5.74, 6) is 0. The third-order valence-electron chi connectivity index (χ3n) is 3.87. The number of aromatic nitrogens is 5. The minimum Gasteiger partial charge on any atom is -0.394 e. The standard InChI is InChI=1S/C12H13N5O5/c18-3-5-7(19)8(20)11(22-5)17-10-6(15-12(17)21)9-13-1-2-16(9)4-14-10/h1-2,4-5,7-8,11,18-20H,3H2,(H,15,21)/t5-,7-,8-,11-/m1/s1. The van der Waals surface area contributed by atoms with Crippen LogP contribution in [-0.2, 0) is 4.74 Å². The van der Waals surface area contributed by atoms with Crippen LogP contribution in [0.2, 0.25) is 0 Å². The van der Waals surface area contributed by atoms with Crippen molar-refractivity contribution in [3.63, 3.8) is 0 Å². The molecule has 4 rings (SSSR count). The van der Waals surface area contributed by atoms with Gasteiger partial charge in [-0.25, -0.2) is 19.3 Å². The van der Waals surface area contributed by atoms with E-state index >= 15 is 0 Å². The van der Waals surface area contributed by atoms with Gasteiger partial charge in [0.1, 0.15) is 30.2 Å². The molecule has 1 aliphatic heterocycles. The number of hydrogen-bond acceptors (Lipinski definition) is 7. The van der Waals surface area contributed by atoms with Gasteiger partial charge in [0.15, 0.2) is 17.5 Å². The van der Waals surface area contributed by atoms with E-state index in [2.05, 4.69) is 15.0 Å². The fourth-order valence-electron chi connectivity index (χ4n) is 2.77. The number of nitrogens with one attached hydrogen (secondary N) is 1. The quantitative estimate of drug-likeness (QED) is 0.429. The number of fused-ring (bicyclic) bond motifs is 3. The first-order chi connectivity index (χ1) is 10.6. The van der Waals surface area contributed by atoms with Crippen LogP contribution in [0.4, 0.5) is 0 Å². The summed E-state index contributed by atoms with van der Waals surface area (Å²) in [6.07, 6.45) is -0.0167. The Morgan fingerprint density at radius 1 is 1.27 bits per heavy atom. The summed E-state index contributed by atoms with van der Waals surface area (Å²) in [6, 6.07) is 0. The van der Waals surface area contributed by atoms with Crippen LogP contribution in [0.3, 0.4) is 0 Å². The van der Waals surface area contributed by atoms with Gasteiger partial charge in [0, 0.05) is 12.4 Å². The Morgan fingerprint density at radius 3 is 2.82 bits per heavy atom. The monoisotopic (exact) mass is 307 g/mol. The maximum atomic E-state index is 12.2. The number of ether oxygens (including phenoxy) is 1. The number of rotatable bonds is 2. The maximum absolute atomic E-state index is 12.2. The second-order valence-corrected chi connectivity index (χ2v) is 5.13. The molecule has 1 aliphatic rings. The van der Waals surface area contributed by atoms with Crippen LogP contribution in [0.25, 0.3) is 16.8 Å². The molecule has 4 atom stereocenters. The molecule has 3 aromatic heterocycles. The van der Waals surface area contributed by atoms with E-state index in [4.69, 9.17) is 9.84 Å². The smallest absolute Gasteiger partial charge is 0.330 e. The average molecular weight is 307 g/mol.